The fraction of sp³-hybridized carbons (Fsp3) is 0.651. The molecular weight excluding hydrogens is 681 g/mol. The maximum atomic E-state index is 12.2. The van der Waals surface area contributed by atoms with E-state index in [1.807, 2.05) is 58.6 Å². The first-order chi connectivity index (χ1) is 25.1. The summed E-state index contributed by atoms with van der Waals surface area (Å²) in [6.07, 6.45) is 5.63. The summed E-state index contributed by atoms with van der Waals surface area (Å²) in [7, 11) is 0. The van der Waals surface area contributed by atoms with Crippen molar-refractivity contribution in [3.05, 3.63) is 58.7 Å². The van der Waals surface area contributed by atoms with E-state index in [2.05, 4.69) is 58.1 Å². The number of aryl methyl sites for hydroxylation is 2. The molecule has 0 atom stereocenters. The summed E-state index contributed by atoms with van der Waals surface area (Å²) in [6.45, 7) is 27.6. The Morgan fingerprint density at radius 1 is 0.648 bits per heavy atom. The van der Waals surface area contributed by atoms with Crippen LogP contribution in [0.2, 0.25) is 0 Å². The Morgan fingerprint density at radius 2 is 1.09 bits per heavy atom. The molecule has 0 saturated carbocycles. The number of aldehydes is 1. The van der Waals surface area contributed by atoms with E-state index in [1.54, 1.807) is 4.90 Å². The molecule has 0 aromatic heterocycles. The van der Waals surface area contributed by atoms with Gasteiger partial charge in [-0.2, -0.15) is 0 Å². The Kier molecular flexibility index (Phi) is 17.1. The number of rotatable bonds is 5. The second-order valence-electron chi connectivity index (χ2n) is 16.7. The normalized spacial score (nSPS) is 17.8. The van der Waals surface area contributed by atoms with Crippen LogP contribution in [0.1, 0.15) is 102 Å². The molecule has 4 aliphatic heterocycles. The van der Waals surface area contributed by atoms with Gasteiger partial charge in [0.15, 0.2) is 6.29 Å². The predicted molar refractivity (Wildman–Crippen MR) is 221 cm³/mol. The first kappa shape index (κ1) is 44.6. The minimum atomic E-state index is -0.430. The average Bonchev–Trinajstić information content (AvgIpc) is 3.85. The second kappa shape index (κ2) is 20.7. The lowest BCUT2D eigenvalue weighted by atomic mass is 10.1. The van der Waals surface area contributed by atoms with Crippen LogP contribution in [0, 0.1) is 13.8 Å². The zero-order chi connectivity index (χ0) is 38.6. The monoisotopic (exact) mass is 751 g/mol. The molecule has 0 spiro atoms. The SMILES string of the molecule is C.CC(C)(C)OC(=O)N1CCNCC1.Cc1ccc(C=O)c(N2CCCC2)c1.Cc1ccc(CN2CCN(C(=O)OC(C)(C)C)CC2)c(N2CCCC2)c1. The van der Waals surface area contributed by atoms with Crippen molar-refractivity contribution >= 4 is 29.8 Å². The van der Waals surface area contributed by atoms with Gasteiger partial charge in [0.05, 0.1) is 0 Å². The number of piperazine rings is 2. The third-order valence-corrected chi connectivity index (χ3v) is 9.63. The molecule has 302 valence electrons. The third kappa shape index (κ3) is 14.4. The van der Waals surface area contributed by atoms with Gasteiger partial charge in [0, 0.05) is 102 Å². The number of benzene rings is 2. The molecule has 4 aliphatic rings. The van der Waals surface area contributed by atoms with Crippen LogP contribution in [0.15, 0.2) is 36.4 Å². The molecule has 4 heterocycles. The average molecular weight is 751 g/mol. The number of carbonyl (C=O) groups excluding carboxylic acids is 3. The highest BCUT2D eigenvalue weighted by Crippen LogP contribution is 2.28. The summed E-state index contributed by atoms with van der Waals surface area (Å²) in [5.74, 6) is 0. The van der Waals surface area contributed by atoms with Crippen molar-refractivity contribution in [3.8, 4) is 0 Å². The van der Waals surface area contributed by atoms with Crippen molar-refractivity contribution in [2.75, 3.05) is 88.3 Å². The standard InChI is InChI=1S/C21H33N3O2.C12H15NO.C9H18N2O2.CH4/c1-17-7-8-18(19(15-17)23-9-5-6-10-23)16-22-11-13-24(14-12-22)20(25)26-21(2,3)4;1-10-4-5-11(9-14)12(8-10)13-6-2-3-7-13;1-9(2,3)13-8(12)11-6-4-10-5-7-11;/h7-8,15H,5-6,9-14,16H2,1-4H3;4-5,8-9H,2-3,6-7H2,1H3;10H,4-7H2,1-3H3;1H4. The summed E-state index contributed by atoms with van der Waals surface area (Å²) in [4.78, 5) is 45.4. The van der Waals surface area contributed by atoms with Gasteiger partial charge in [0.1, 0.15) is 11.2 Å². The van der Waals surface area contributed by atoms with Gasteiger partial charge in [-0.25, -0.2) is 9.59 Å². The Bertz CT molecular complexity index is 1480. The Labute approximate surface area is 326 Å². The third-order valence-electron chi connectivity index (χ3n) is 9.63. The Balaban J connectivity index is 0.000000237. The van der Waals surface area contributed by atoms with Crippen molar-refractivity contribution < 1.29 is 23.9 Å². The Hall–Kier alpha value is -3.83. The van der Waals surface area contributed by atoms with E-state index < -0.39 is 5.60 Å². The molecule has 4 saturated heterocycles. The van der Waals surface area contributed by atoms with Crippen LogP contribution in [0.5, 0.6) is 0 Å². The van der Waals surface area contributed by atoms with Gasteiger partial charge in [-0.05, 0) is 116 Å². The fourth-order valence-electron chi connectivity index (χ4n) is 6.88. The summed E-state index contributed by atoms with van der Waals surface area (Å²) in [5, 5.41) is 3.18. The highest BCUT2D eigenvalue weighted by Gasteiger charge is 2.27. The Morgan fingerprint density at radius 3 is 1.57 bits per heavy atom. The quantitative estimate of drug-likeness (QED) is 0.312. The summed E-state index contributed by atoms with van der Waals surface area (Å²) < 4.78 is 10.7. The van der Waals surface area contributed by atoms with Crippen molar-refractivity contribution in [2.24, 2.45) is 0 Å². The van der Waals surface area contributed by atoms with Gasteiger partial charge in [-0.15, -0.1) is 0 Å². The lowest BCUT2D eigenvalue weighted by molar-refractivity contribution is 0.0138. The highest BCUT2D eigenvalue weighted by molar-refractivity contribution is 5.85. The smallest absolute Gasteiger partial charge is 0.410 e. The largest absolute Gasteiger partial charge is 0.444 e. The maximum absolute atomic E-state index is 12.2. The highest BCUT2D eigenvalue weighted by atomic mass is 16.6. The van der Waals surface area contributed by atoms with Gasteiger partial charge in [0.2, 0.25) is 0 Å². The number of hydrogen-bond acceptors (Lipinski definition) is 9. The molecule has 2 aromatic rings. The maximum Gasteiger partial charge on any atom is 0.410 e. The van der Waals surface area contributed by atoms with E-state index in [0.717, 1.165) is 89.5 Å². The first-order valence-corrected chi connectivity index (χ1v) is 19.7. The van der Waals surface area contributed by atoms with E-state index in [-0.39, 0.29) is 25.2 Å². The number of amides is 2. The number of anilines is 2. The van der Waals surface area contributed by atoms with Crippen LogP contribution in [-0.4, -0.2) is 123 Å². The van der Waals surface area contributed by atoms with E-state index in [9.17, 15) is 14.4 Å². The van der Waals surface area contributed by atoms with E-state index >= 15 is 0 Å². The van der Waals surface area contributed by atoms with Crippen LogP contribution in [0.3, 0.4) is 0 Å². The first-order valence-electron chi connectivity index (χ1n) is 19.7. The molecule has 2 amide bonds. The molecule has 6 rings (SSSR count). The molecule has 0 bridgehead atoms. The van der Waals surface area contributed by atoms with Gasteiger partial charge in [-0.1, -0.05) is 25.6 Å². The van der Waals surface area contributed by atoms with Crippen LogP contribution in [-0.2, 0) is 16.0 Å². The van der Waals surface area contributed by atoms with Gasteiger partial charge >= 0.3 is 12.2 Å². The lowest BCUT2D eigenvalue weighted by Crippen LogP contribution is -2.49. The fourth-order valence-corrected chi connectivity index (χ4v) is 6.88. The van der Waals surface area contributed by atoms with E-state index in [0.29, 0.717) is 0 Å². The van der Waals surface area contributed by atoms with Crippen LogP contribution in [0.25, 0.3) is 0 Å². The summed E-state index contributed by atoms with van der Waals surface area (Å²) in [6, 6.07) is 12.8. The van der Waals surface area contributed by atoms with Crippen LogP contribution >= 0.6 is 0 Å². The number of nitrogens with one attached hydrogen (secondary N) is 1. The van der Waals surface area contributed by atoms with E-state index in [1.165, 1.54) is 61.2 Å². The topological polar surface area (TPSA) is 97.9 Å². The summed E-state index contributed by atoms with van der Waals surface area (Å²) >= 11 is 0. The second-order valence-corrected chi connectivity index (χ2v) is 16.7. The van der Waals surface area contributed by atoms with Crippen molar-refractivity contribution in [1.29, 1.82) is 0 Å². The zero-order valence-electron chi connectivity index (χ0n) is 33.8. The molecule has 0 aliphatic carbocycles. The van der Waals surface area contributed by atoms with Gasteiger partial charge in [0.25, 0.3) is 0 Å². The summed E-state index contributed by atoms with van der Waals surface area (Å²) in [5.41, 5.74) is 6.46. The molecular formula is C43H70N6O5. The number of hydrogen-bond donors (Lipinski definition) is 1. The minimum absolute atomic E-state index is 0. The van der Waals surface area contributed by atoms with E-state index in [4.69, 9.17) is 9.47 Å². The number of nitrogens with zero attached hydrogens (tertiary/aromatic N) is 5. The van der Waals surface area contributed by atoms with Crippen LogP contribution < -0.4 is 15.1 Å². The predicted octanol–water partition coefficient (Wildman–Crippen LogP) is 7.52. The van der Waals surface area contributed by atoms with Crippen molar-refractivity contribution in [1.82, 2.24) is 20.0 Å². The van der Waals surface area contributed by atoms with Gasteiger partial charge in [-0.3, -0.25) is 9.69 Å². The molecule has 54 heavy (non-hydrogen) atoms. The number of carbonyl (C=O) groups is 3. The number of ether oxygens (including phenoxy) is 2. The van der Waals surface area contributed by atoms with Crippen molar-refractivity contribution in [2.45, 2.75) is 106 Å². The van der Waals surface area contributed by atoms with Crippen molar-refractivity contribution in [3.63, 3.8) is 0 Å². The molecule has 11 nitrogen and oxygen atoms in total. The molecule has 0 radical (unpaired) electrons. The molecule has 2 aromatic carbocycles. The van der Waals surface area contributed by atoms with Crippen LogP contribution in [0.4, 0.5) is 21.0 Å². The molecule has 1 N–H and O–H groups in total. The molecule has 11 heteroatoms. The lowest BCUT2D eigenvalue weighted by Gasteiger charge is -2.36. The van der Waals surface area contributed by atoms with Gasteiger partial charge < -0.3 is 34.4 Å². The minimum Gasteiger partial charge on any atom is -0.444 e. The zero-order valence-corrected chi connectivity index (χ0v) is 33.8. The molecule has 0 unspecified atom stereocenters. The molecule has 4 fully saturated rings.